The molecule has 0 saturated carbocycles. The van der Waals surface area contributed by atoms with Crippen molar-refractivity contribution in [1.29, 1.82) is 0 Å². The number of benzene rings is 3. The van der Waals surface area contributed by atoms with Crippen LogP contribution in [0.1, 0.15) is 0 Å². The number of hydrogen-bond donors (Lipinski definition) is 1. The number of methoxy groups -OCH3 is 1. The Morgan fingerprint density at radius 1 is 0.711 bits per heavy atom. The van der Waals surface area contributed by atoms with E-state index in [2.05, 4.69) is 8.75 Å². The summed E-state index contributed by atoms with van der Waals surface area (Å²) in [6.07, 6.45) is 0. The molecule has 3 aromatic heterocycles. The number of thiophene rings is 2. The number of halogens is 4. The second-order valence-electron chi connectivity index (χ2n) is 8.18. The van der Waals surface area contributed by atoms with Crippen molar-refractivity contribution in [2.24, 2.45) is 0 Å². The van der Waals surface area contributed by atoms with Crippen LogP contribution >= 0.6 is 57.6 Å². The van der Waals surface area contributed by atoms with E-state index >= 15 is 0 Å². The summed E-state index contributed by atoms with van der Waals surface area (Å²) in [5, 5.41) is 10.1. The first-order valence-corrected chi connectivity index (χ1v) is 14.1. The van der Waals surface area contributed by atoms with Gasteiger partial charge in [-0.3, -0.25) is 0 Å². The lowest BCUT2D eigenvalue weighted by Crippen LogP contribution is -1.87. The number of aromatic hydroxyl groups is 1. The van der Waals surface area contributed by atoms with Crippen LogP contribution < -0.4 is 4.74 Å². The smallest absolute Gasteiger partial charge is 0.135 e. The fraction of sp³-hybridized carbons (Fsp3) is 0.0370. The molecular formula is C27H14Cl2F2N2O2S3. The number of phenols is 1. The predicted molar refractivity (Wildman–Crippen MR) is 153 cm³/mol. The van der Waals surface area contributed by atoms with Gasteiger partial charge in [0.1, 0.15) is 34.2 Å². The van der Waals surface area contributed by atoms with E-state index in [1.807, 2.05) is 18.2 Å². The zero-order valence-corrected chi connectivity index (χ0v) is 23.2. The number of phenolic OH excluding ortho intramolecular Hbond substituents is 1. The average Bonchev–Trinajstić information content (AvgIpc) is 3.66. The predicted octanol–water partition coefficient (Wildman–Crippen LogP) is 9.78. The Bertz CT molecular complexity index is 1850. The van der Waals surface area contributed by atoms with Gasteiger partial charge in [-0.1, -0.05) is 23.2 Å². The van der Waals surface area contributed by atoms with Crippen LogP contribution in [0.15, 0.2) is 60.7 Å². The first-order valence-electron chi connectivity index (χ1n) is 11.0. The van der Waals surface area contributed by atoms with Gasteiger partial charge in [-0.05, 0) is 48.5 Å². The van der Waals surface area contributed by atoms with Crippen LogP contribution in [0.2, 0.25) is 10.0 Å². The fourth-order valence-corrected chi connectivity index (χ4v) is 7.57. The maximum Gasteiger partial charge on any atom is 0.135 e. The molecule has 3 heterocycles. The van der Waals surface area contributed by atoms with E-state index in [0.29, 0.717) is 58.8 Å². The summed E-state index contributed by atoms with van der Waals surface area (Å²) in [5.74, 6) is -0.625. The van der Waals surface area contributed by atoms with Crippen molar-refractivity contribution in [1.82, 2.24) is 8.75 Å². The highest BCUT2D eigenvalue weighted by atomic mass is 35.5. The zero-order chi connectivity index (χ0) is 26.6. The van der Waals surface area contributed by atoms with E-state index in [-0.39, 0.29) is 5.75 Å². The second-order valence-corrected chi connectivity index (χ2v) is 11.6. The maximum absolute atomic E-state index is 14.7. The van der Waals surface area contributed by atoms with Crippen molar-refractivity contribution < 1.29 is 18.6 Å². The Hall–Kier alpha value is -3.08. The van der Waals surface area contributed by atoms with Gasteiger partial charge in [-0.2, -0.15) is 8.75 Å². The Morgan fingerprint density at radius 3 is 1.71 bits per heavy atom. The van der Waals surface area contributed by atoms with E-state index in [1.165, 1.54) is 48.0 Å². The Morgan fingerprint density at radius 2 is 1.21 bits per heavy atom. The molecule has 6 rings (SSSR count). The molecule has 0 fully saturated rings. The van der Waals surface area contributed by atoms with Crippen LogP contribution in [0.5, 0.6) is 11.5 Å². The van der Waals surface area contributed by atoms with E-state index < -0.39 is 11.6 Å². The Kier molecular flexibility index (Phi) is 6.57. The molecule has 0 aliphatic rings. The van der Waals surface area contributed by atoms with Crippen LogP contribution in [-0.4, -0.2) is 21.0 Å². The Labute approximate surface area is 237 Å². The molecule has 190 valence electrons. The minimum atomic E-state index is -0.528. The number of nitrogens with zero attached hydrogens (tertiary/aromatic N) is 2. The van der Waals surface area contributed by atoms with Gasteiger partial charge < -0.3 is 9.84 Å². The topological polar surface area (TPSA) is 55.2 Å². The summed E-state index contributed by atoms with van der Waals surface area (Å²) in [4.78, 5) is 2.89. The van der Waals surface area contributed by atoms with Crippen LogP contribution in [-0.2, 0) is 0 Å². The van der Waals surface area contributed by atoms with Crippen molar-refractivity contribution in [2.75, 3.05) is 7.11 Å². The summed E-state index contributed by atoms with van der Waals surface area (Å²) in [5.41, 5.74) is 3.19. The normalized spacial score (nSPS) is 11.4. The monoisotopic (exact) mass is 602 g/mol. The first-order chi connectivity index (χ1) is 18.4. The highest BCUT2D eigenvalue weighted by Crippen LogP contribution is 2.50. The molecule has 0 aliphatic heterocycles. The van der Waals surface area contributed by atoms with Gasteiger partial charge in [0, 0.05) is 53.9 Å². The van der Waals surface area contributed by atoms with Crippen molar-refractivity contribution >= 4 is 68.6 Å². The van der Waals surface area contributed by atoms with Gasteiger partial charge in [0.25, 0.3) is 0 Å². The largest absolute Gasteiger partial charge is 0.508 e. The molecular weight excluding hydrogens is 589 g/mol. The third kappa shape index (κ3) is 4.24. The SMILES string of the molecule is COc1ccc(-c2ccc(-c3c(Cl)c(Cl)c(-c4ccc(-c5ccc(O)cc5F)s4)c4nsnc34)s2)c(F)c1. The summed E-state index contributed by atoms with van der Waals surface area (Å²) in [6.45, 7) is 0. The number of hydrogen-bond acceptors (Lipinski definition) is 7. The van der Waals surface area contributed by atoms with Crippen LogP contribution in [0.25, 0.3) is 52.8 Å². The lowest BCUT2D eigenvalue weighted by Gasteiger charge is -2.10. The van der Waals surface area contributed by atoms with Gasteiger partial charge in [-0.15, -0.1) is 22.7 Å². The average molecular weight is 604 g/mol. The summed E-state index contributed by atoms with van der Waals surface area (Å²) < 4.78 is 43.3. The molecule has 0 amide bonds. The van der Waals surface area contributed by atoms with Gasteiger partial charge in [-0.25, -0.2) is 8.78 Å². The molecule has 1 N–H and O–H groups in total. The lowest BCUT2D eigenvalue weighted by molar-refractivity contribution is 0.411. The van der Waals surface area contributed by atoms with E-state index in [1.54, 1.807) is 18.2 Å². The van der Waals surface area contributed by atoms with Crippen molar-refractivity contribution in [3.8, 4) is 53.3 Å². The summed E-state index contributed by atoms with van der Waals surface area (Å²) in [6, 6.07) is 16.1. The van der Waals surface area contributed by atoms with Crippen LogP contribution in [0.3, 0.4) is 0 Å². The van der Waals surface area contributed by atoms with Gasteiger partial charge in [0.2, 0.25) is 0 Å². The minimum Gasteiger partial charge on any atom is -0.508 e. The van der Waals surface area contributed by atoms with Crippen molar-refractivity contribution in [2.45, 2.75) is 0 Å². The lowest BCUT2D eigenvalue weighted by atomic mass is 10.1. The number of fused-ring (bicyclic) bond motifs is 1. The minimum absolute atomic E-state index is 0.143. The first kappa shape index (κ1) is 25.2. The maximum atomic E-state index is 14.7. The molecule has 11 heteroatoms. The third-order valence-electron chi connectivity index (χ3n) is 5.96. The molecule has 6 aromatic rings. The highest BCUT2D eigenvalue weighted by Gasteiger charge is 2.25. The van der Waals surface area contributed by atoms with Crippen LogP contribution in [0, 0.1) is 11.6 Å². The van der Waals surface area contributed by atoms with E-state index in [9.17, 15) is 13.9 Å². The molecule has 0 bridgehead atoms. The van der Waals surface area contributed by atoms with E-state index in [0.717, 1.165) is 27.5 Å². The summed E-state index contributed by atoms with van der Waals surface area (Å²) >= 11 is 17.4. The quantitative estimate of drug-likeness (QED) is 0.213. The molecule has 4 nitrogen and oxygen atoms in total. The molecule has 0 radical (unpaired) electrons. The Balaban J connectivity index is 1.46. The van der Waals surface area contributed by atoms with Crippen molar-refractivity contribution in [3.05, 3.63) is 82.3 Å². The zero-order valence-electron chi connectivity index (χ0n) is 19.3. The second kappa shape index (κ2) is 9.91. The molecule has 0 unspecified atom stereocenters. The number of aromatic nitrogens is 2. The molecule has 0 atom stereocenters. The van der Waals surface area contributed by atoms with Gasteiger partial charge >= 0.3 is 0 Å². The molecule has 0 spiro atoms. The van der Waals surface area contributed by atoms with Gasteiger partial charge in [0.15, 0.2) is 0 Å². The molecule has 38 heavy (non-hydrogen) atoms. The highest BCUT2D eigenvalue weighted by molar-refractivity contribution is 7.19. The molecule has 0 aliphatic carbocycles. The molecule has 0 saturated heterocycles. The third-order valence-corrected chi connectivity index (χ3v) is 9.61. The van der Waals surface area contributed by atoms with Gasteiger partial charge in [0.05, 0.1) is 28.9 Å². The van der Waals surface area contributed by atoms with E-state index in [4.69, 9.17) is 27.9 Å². The fourth-order valence-electron chi connectivity index (χ4n) is 4.15. The number of ether oxygens (including phenoxy) is 1. The van der Waals surface area contributed by atoms with Crippen LogP contribution in [0.4, 0.5) is 8.78 Å². The summed E-state index contributed by atoms with van der Waals surface area (Å²) in [7, 11) is 1.49. The number of rotatable bonds is 5. The van der Waals surface area contributed by atoms with Crippen molar-refractivity contribution in [3.63, 3.8) is 0 Å². The standard InChI is InChI=1S/C27H14Cl2F2N2O2S3/c1-35-13-3-5-15(17(31)11-13)19-7-9-21(37-19)23-25(29)24(28)22(26-27(23)33-38-32-26)20-8-6-18(36-20)14-4-2-12(34)10-16(14)30/h2-11,34H,1H3. The molecule has 3 aromatic carbocycles.